The molecule has 1 fully saturated rings. The number of aliphatic carboxylic acids is 3. The molecule has 0 atom stereocenters. The van der Waals surface area contributed by atoms with Crippen LogP contribution < -0.4 is 10.6 Å². The summed E-state index contributed by atoms with van der Waals surface area (Å²) in [5, 5.41) is 34.3. The Labute approximate surface area is 475 Å². The number of hydrogen-bond donors (Lipinski definition) is 5. The number of nitrogens with one attached hydrogen (secondary N) is 2. The zero-order valence-electron chi connectivity index (χ0n) is 50.2. The van der Waals surface area contributed by atoms with Crippen molar-refractivity contribution in [1.29, 1.82) is 0 Å². The minimum absolute atomic E-state index is 0.0294. The molecule has 16 heteroatoms. The lowest BCUT2D eigenvalue weighted by atomic mass is 10.0. The van der Waals surface area contributed by atoms with Crippen LogP contribution in [-0.2, 0) is 28.8 Å². The van der Waals surface area contributed by atoms with Gasteiger partial charge in [-0.2, -0.15) is 0 Å². The molecule has 0 aliphatic carbocycles. The molecule has 0 aromatic carbocycles. The maximum atomic E-state index is 13.5. The van der Waals surface area contributed by atoms with E-state index in [2.05, 4.69) is 24.5 Å². The lowest BCUT2D eigenvalue weighted by Gasteiger charge is -2.32. The smallest absolute Gasteiger partial charge is 0.317 e. The van der Waals surface area contributed by atoms with Gasteiger partial charge in [-0.15, -0.1) is 0 Å². The van der Waals surface area contributed by atoms with Crippen molar-refractivity contribution < 1.29 is 44.1 Å². The average Bonchev–Trinajstić information content (AvgIpc) is 3.40. The molecule has 456 valence electrons. The molecule has 5 N–H and O–H groups in total. The second-order valence-electron chi connectivity index (χ2n) is 22.9. The van der Waals surface area contributed by atoms with Crippen LogP contribution >= 0.6 is 0 Å². The quantitative estimate of drug-likeness (QED) is 0.0360. The molecule has 0 radical (unpaired) electrons. The molecule has 0 unspecified atom stereocenters. The summed E-state index contributed by atoms with van der Waals surface area (Å²) in [5.41, 5.74) is 0. The summed E-state index contributed by atoms with van der Waals surface area (Å²) in [6.45, 7) is 8.82. The molecule has 0 saturated carbocycles. The third-order valence-corrected chi connectivity index (χ3v) is 15.6. The standard InChI is InChI=1S/C62H119N7O9/c1-3-5-7-9-11-13-15-17-19-21-23-25-27-29-34-38-42-69(43-39-35-30-28-26-24-22-20-18-16-14-12-10-8-6-4-2)59(72)52-64-57(70)40-36-32-31-33-37-41-63-58(71)53-65-44-46-66(54-60(73)74)48-50-68(56-62(77)78)51-49-67(47-45-65)55-61(75)76/h3-56H2,1-2H3,(H,63,71)(H,64,70)(H,73,74)(H,75,76)(H,77,78). The van der Waals surface area contributed by atoms with Crippen LogP contribution in [0.2, 0.25) is 0 Å². The summed E-state index contributed by atoms with van der Waals surface area (Å²) in [6.07, 6.45) is 46.9. The van der Waals surface area contributed by atoms with Crippen molar-refractivity contribution >= 4 is 35.6 Å². The van der Waals surface area contributed by atoms with Gasteiger partial charge < -0.3 is 30.9 Å². The van der Waals surface area contributed by atoms with Gasteiger partial charge in [-0.05, 0) is 25.7 Å². The van der Waals surface area contributed by atoms with Gasteiger partial charge in [0.25, 0.3) is 0 Å². The molecule has 1 heterocycles. The lowest BCUT2D eigenvalue weighted by Crippen LogP contribution is -2.49. The first-order valence-corrected chi connectivity index (χ1v) is 32.3. The van der Waals surface area contributed by atoms with Crippen LogP contribution in [0, 0.1) is 0 Å². The molecule has 1 rings (SSSR count). The fourth-order valence-electron chi connectivity index (χ4n) is 10.6. The molecule has 16 nitrogen and oxygen atoms in total. The first kappa shape index (κ1) is 72.7. The van der Waals surface area contributed by atoms with Crippen LogP contribution in [0.15, 0.2) is 0 Å². The Morgan fingerprint density at radius 2 is 0.603 bits per heavy atom. The molecule has 78 heavy (non-hydrogen) atoms. The molecule has 0 bridgehead atoms. The van der Waals surface area contributed by atoms with Gasteiger partial charge >= 0.3 is 17.9 Å². The van der Waals surface area contributed by atoms with Crippen molar-refractivity contribution in [2.75, 3.05) is 105 Å². The minimum atomic E-state index is -1.01. The summed E-state index contributed by atoms with van der Waals surface area (Å²) in [7, 11) is 0. The first-order valence-electron chi connectivity index (χ1n) is 32.3. The number of carboxylic acids is 3. The fraction of sp³-hybridized carbons (Fsp3) is 0.903. The van der Waals surface area contributed by atoms with E-state index in [9.17, 15) is 44.1 Å². The lowest BCUT2D eigenvalue weighted by molar-refractivity contribution is -0.140. The number of amides is 3. The second-order valence-corrected chi connectivity index (χ2v) is 22.9. The molecule has 0 aromatic heterocycles. The van der Waals surface area contributed by atoms with Crippen molar-refractivity contribution in [3.8, 4) is 0 Å². The van der Waals surface area contributed by atoms with Gasteiger partial charge in [0.2, 0.25) is 17.7 Å². The number of unbranched alkanes of at least 4 members (excludes halogenated alkanes) is 34. The fourth-order valence-corrected chi connectivity index (χ4v) is 10.6. The van der Waals surface area contributed by atoms with Gasteiger partial charge in [0.1, 0.15) is 0 Å². The zero-order valence-corrected chi connectivity index (χ0v) is 50.2. The highest BCUT2D eigenvalue weighted by Crippen LogP contribution is 2.17. The first-order chi connectivity index (χ1) is 37.9. The molecular weight excluding hydrogens is 987 g/mol. The Bertz CT molecular complexity index is 1420. The van der Waals surface area contributed by atoms with Crippen LogP contribution in [0.5, 0.6) is 0 Å². The highest BCUT2D eigenvalue weighted by atomic mass is 16.4. The third kappa shape index (κ3) is 47.5. The molecule has 1 aliphatic rings. The number of hydrogen-bond acceptors (Lipinski definition) is 10. The van der Waals surface area contributed by atoms with Crippen LogP contribution in [0.4, 0.5) is 0 Å². The van der Waals surface area contributed by atoms with Crippen LogP contribution in [-0.4, -0.2) is 180 Å². The molecule has 3 amide bonds. The van der Waals surface area contributed by atoms with E-state index in [4.69, 9.17) is 0 Å². The number of carboxylic acid groups (broad SMARTS) is 3. The van der Waals surface area contributed by atoms with Gasteiger partial charge in [0.05, 0.1) is 32.7 Å². The van der Waals surface area contributed by atoms with E-state index in [0.29, 0.717) is 65.3 Å². The Hall–Kier alpha value is -3.34. The van der Waals surface area contributed by atoms with Crippen molar-refractivity contribution in [3.05, 3.63) is 0 Å². The Balaban J connectivity index is 2.44. The van der Waals surface area contributed by atoms with E-state index in [1.807, 2.05) is 9.80 Å². The normalized spacial score (nSPS) is 14.4. The van der Waals surface area contributed by atoms with Crippen LogP contribution in [0.3, 0.4) is 0 Å². The number of carbonyl (C=O) groups excluding carboxylic acids is 3. The predicted molar refractivity (Wildman–Crippen MR) is 318 cm³/mol. The van der Waals surface area contributed by atoms with Crippen molar-refractivity contribution in [1.82, 2.24) is 35.1 Å². The van der Waals surface area contributed by atoms with Gasteiger partial charge in [-0.1, -0.05) is 226 Å². The van der Waals surface area contributed by atoms with Gasteiger partial charge in [-0.3, -0.25) is 48.4 Å². The second kappa shape index (κ2) is 53.0. The summed E-state index contributed by atoms with van der Waals surface area (Å²) in [5.74, 6) is -3.21. The predicted octanol–water partition coefficient (Wildman–Crippen LogP) is 11.4. The molecular formula is C62H119N7O9. The summed E-state index contributed by atoms with van der Waals surface area (Å²) in [4.78, 5) is 83.2. The van der Waals surface area contributed by atoms with Gasteiger partial charge in [0, 0.05) is 78.4 Å². The SMILES string of the molecule is CCCCCCCCCCCCCCCCCCN(CCCCCCCCCCCCCCCCCC)C(=O)CNC(=O)CCCCCCCNC(=O)CN1CCN(CC(=O)O)CCN(CC(=O)O)CCN(CC(=O)O)CC1. The van der Waals surface area contributed by atoms with E-state index < -0.39 is 17.9 Å². The maximum absolute atomic E-state index is 13.5. The van der Waals surface area contributed by atoms with E-state index in [-0.39, 0.29) is 50.4 Å². The molecule has 0 aromatic rings. The largest absolute Gasteiger partial charge is 0.480 e. The Morgan fingerprint density at radius 3 is 0.910 bits per heavy atom. The topological polar surface area (TPSA) is 203 Å². The van der Waals surface area contributed by atoms with Crippen molar-refractivity contribution in [2.24, 2.45) is 0 Å². The highest BCUT2D eigenvalue weighted by Gasteiger charge is 2.21. The van der Waals surface area contributed by atoms with E-state index in [1.165, 1.54) is 180 Å². The molecule has 1 aliphatic heterocycles. The number of rotatable bonds is 52. The number of carbonyl (C=O) groups is 6. The Kier molecular flexibility index (Phi) is 49.4. The van der Waals surface area contributed by atoms with E-state index in [1.54, 1.807) is 14.7 Å². The van der Waals surface area contributed by atoms with Gasteiger partial charge in [-0.25, -0.2) is 0 Å². The number of nitrogens with zero attached hydrogens (tertiary/aromatic N) is 5. The molecule has 0 spiro atoms. The van der Waals surface area contributed by atoms with Crippen LogP contribution in [0.25, 0.3) is 0 Å². The van der Waals surface area contributed by atoms with Crippen molar-refractivity contribution in [3.63, 3.8) is 0 Å². The summed E-state index contributed by atoms with van der Waals surface area (Å²) < 4.78 is 0. The average molecular weight is 1110 g/mol. The molecule has 1 saturated heterocycles. The maximum Gasteiger partial charge on any atom is 0.317 e. The van der Waals surface area contributed by atoms with E-state index in [0.717, 1.165) is 70.9 Å². The van der Waals surface area contributed by atoms with Crippen LogP contribution in [0.1, 0.15) is 258 Å². The third-order valence-electron chi connectivity index (χ3n) is 15.6. The van der Waals surface area contributed by atoms with Crippen molar-refractivity contribution in [2.45, 2.75) is 258 Å². The summed E-state index contributed by atoms with van der Waals surface area (Å²) >= 11 is 0. The van der Waals surface area contributed by atoms with Gasteiger partial charge in [0.15, 0.2) is 0 Å². The highest BCUT2D eigenvalue weighted by molar-refractivity contribution is 5.84. The Morgan fingerprint density at radius 1 is 0.333 bits per heavy atom. The summed E-state index contributed by atoms with van der Waals surface area (Å²) in [6, 6.07) is 0. The van der Waals surface area contributed by atoms with E-state index >= 15 is 0 Å². The monoisotopic (exact) mass is 1110 g/mol. The zero-order chi connectivity index (χ0) is 56.9. The minimum Gasteiger partial charge on any atom is -0.480 e.